The SMILES string of the molecule is COC(C(=O)N1CCN(c2cc(C)ccc2C)CC1)c1cnn(C)c1. The Balaban J connectivity index is 1.67. The average molecular weight is 342 g/mol. The van der Waals surface area contributed by atoms with Gasteiger partial charge in [0.1, 0.15) is 0 Å². The van der Waals surface area contributed by atoms with E-state index >= 15 is 0 Å². The highest BCUT2D eigenvalue weighted by Crippen LogP contribution is 2.24. The minimum atomic E-state index is -0.582. The van der Waals surface area contributed by atoms with E-state index in [0.717, 1.165) is 18.7 Å². The molecular weight excluding hydrogens is 316 g/mol. The first kappa shape index (κ1) is 17.5. The Kier molecular flexibility index (Phi) is 5.08. The van der Waals surface area contributed by atoms with E-state index in [1.54, 1.807) is 18.0 Å². The quantitative estimate of drug-likeness (QED) is 0.854. The number of nitrogens with zero attached hydrogens (tertiary/aromatic N) is 4. The van der Waals surface area contributed by atoms with Crippen molar-refractivity contribution >= 4 is 11.6 Å². The van der Waals surface area contributed by atoms with E-state index in [2.05, 4.69) is 42.0 Å². The summed E-state index contributed by atoms with van der Waals surface area (Å²) in [6, 6.07) is 6.52. The Labute approximate surface area is 149 Å². The number of piperazine rings is 1. The summed E-state index contributed by atoms with van der Waals surface area (Å²) < 4.78 is 7.14. The lowest BCUT2D eigenvalue weighted by atomic mass is 10.1. The highest BCUT2D eigenvalue weighted by molar-refractivity contribution is 5.82. The number of aromatic nitrogens is 2. The number of carbonyl (C=O) groups excluding carboxylic acids is 1. The van der Waals surface area contributed by atoms with Crippen LogP contribution in [0.2, 0.25) is 0 Å². The fourth-order valence-electron chi connectivity index (χ4n) is 3.35. The van der Waals surface area contributed by atoms with Gasteiger partial charge in [-0.05, 0) is 31.0 Å². The summed E-state index contributed by atoms with van der Waals surface area (Å²) in [4.78, 5) is 17.1. The van der Waals surface area contributed by atoms with Gasteiger partial charge in [-0.15, -0.1) is 0 Å². The molecule has 0 saturated carbocycles. The predicted molar refractivity (Wildman–Crippen MR) is 97.7 cm³/mol. The topological polar surface area (TPSA) is 50.6 Å². The molecule has 0 bridgehead atoms. The van der Waals surface area contributed by atoms with E-state index in [0.29, 0.717) is 13.1 Å². The standard InChI is InChI=1S/C19H26N4O2/c1-14-5-6-15(2)17(11-14)22-7-9-23(10-8-22)19(24)18(25-4)16-12-20-21(3)13-16/h5-6,11-13,18H,7-10H2,1-4H3. The molecule has 1 saturated heterocycles. The van der Waals surface area contributed by atoms with Gasteiger partial charge >= 0.3 is 0 Å². The lowest BCUT2D eigenvalue weighted by Gasteiger charge is -2.38. The second-order valence-corrected chi connectivity index (χ2v) is 6.67. The van der Waals surface area contributed by atoms with Gasteiger partial charge in [-0.2, -0.15) is 5.10 Å². The van der Waals surface area contributed by atoms with Crippen LogP contribution in [0.5, 0.6) is 0 Å². The van der Waals surface area contributed by atoms with Gasteiger partial charge < -0.3 is 14.5 Å². The first-order valence-corrected chi connectivity index (χ1v) is 8.62. The minimum absolute atomic E-state index is 0.0103. The first-order valence-electron chi connectivity index (χ1n) is 8.62. The van der Waals surface area contributed by atoms with Crippen LogP contribution in [0.4, 0.5) is 5.69 Å². The smallest absolute Gasteiger partial charge is 0.256 e. The zero-order chi connectivity index (χ0) is 18.0. The number of rotatable bonds is 4. The molecule has 3 rings (SSSR count). The molecule has 0 N–H and O–H groups in total. The molecule has 1 unspecified atom stereocenters. The van der Waals surface area contributed by atoms with Crippen LogP contribution < -0.4 is 4.90 Å². The van der Waals surface area contributed by atoms with Crippen LogP contribution in [0.25, 0.3) is 0 Å². The molecule has 2 heterocycles. The summed E-state index contributed by atoms with van der Waals surface area (Å²) in [6.45, 7) is 7.31. The minimum Gasteiger partial charge on any atom is -0.368 e. The molecule has 134 valence electrons. The van der Waals surface area contributed by atoms with Crippen molar-refractivity contribution in [2.24, 2.45) is 7.05 Å². The number of ether oxygens (including phenoxy) is 1. The van der Waals surface area contributed by atoms with Gasteiger partial charge in [0.05, 0.1) is 6.20 Å². The second-order valence-electron chi connectivity index (χ2n) is 6.67. The average Bonchev–Trinajstić information content (AvgIpc) is 3.04. The Hall–Kier alpha value is -2.34. The van der Waals surface area contributed by atoms with Crippen LogP contribution in [0, 0.1) is 13.8 Å². The number of anilines is 1. The number of amides is 1. The number of benzene rings is 1. The lowest BCUT2D eigenvalue weighted by molar-refractivity contribution is -0.142. The first-order chi connectivity index (χ1) is 12.0. The highest BCUT2D eigenvalue weighted by Gasteiger charge is 2.29. The normalized spacial score (nSPS) is 16.2. The van der Waals surface area contributed by atoms with Crippen molar-refractivity contribution in [2.45, 2.75) is 20.0 Å². The molecule has 2 aromatic rings. The summed E-state index contributed by atoms with van der Waals surface area (Å²) in [6.07, 6.45) is 2.94. The third-order valence-corrected chi connectivity index (χ3v) is 4.78. The van der Waals surface area contributed by atoms with Crippen LogP contribution in [-0.2, 0) is 16.6 Å². The molecule has 0 spiro atoms. The Bertz CT molecular complexity index is 748. The molecule has 25 heavy (non-hydrogen) atoms. The molecule has 1 fully saturated rings. The van der Waals surface area contributed by atoms with Gasteiger partial charge in [-0.25, -0.2) is 0 Å². The second kappa shape index (κ2) is 7.27. The van der Waals surface area contributed by atoms with Gasteiger partial charge in [0.25, 0.3) is 5.91 Å². The monoisotopic (exact) mass is 342 g/mol. The molecule has 1 aliphatic rings. The molecule has 0 aliphatic carbocycles. The maximum Gasteiger partial charge on any atom is 0.256 e. The van der Waals surface area contributed by atoms with Crippen molar-refractivity contribution in [1.29, 1.82) is 0 Å². The summed E-state index contributed by atoms with van der Waals surface area (Å²) in [5.41, 5.74) is 4.60. The summed E-state index contributed by atoms with van der Waals surface area (Å²) in [5, 5.41) is 4.14. The maximum atomic E-state index is 12.8. The van der Waals surface area contributed by atoms with Crippen molar-refractivity contribution < 1.29 is 9.53 Å². The summed E-state index contributed by atoms with van der Waals surface area (Å²) in [7, 11) is 3.41. The van der Waals surface area contributed by atoms with Gasteiger partial charge in [-0.1, -0.05) is 12.1 Å². The van der Waals surface area contributed by atoms with E-state index in [4.69, 9.17) is 4.74 Å². The van der Waals surface area contributed by atoms with Crippen LogP contribution in [-0.4, -0.2) is 53.9 Å². The molecule has 1 atom stereocenters. The molecule has 1 aromatic heterocycles. The molecular formula is C19H26N4O2. The van der Waals surface area contributed by atoms with Crippen LogP contribution >= 0.6 is 0 Å². The fourth-order valence-corrected chi connectivity index (χ4v) is 3.35. The fraction of sp³-hybridized carbons (Fsp3) is 0.474. The number of aryl methyl sites for hydroxylation is 3. The van der Waals surface area contributed by atoms with Crippen LogP contribution in [0.15, 0.2) is 30.6 Å². The molecule has 1 aromatic carbocycles. The van der Waals surface area contributed by atoms with E-state index < -0.39 is 6.10 Å². The molecule has 1 amide bonds. The molecule has 6 heteroatoms. The van der Waals surface area contributed by atoms with Gasteiger partial charge in [0.2, 0.25) is 0 Å². The van der Waals surface area contributed by atoms with Gasteiger partial charge in [0, 0.05) is 57.8 Å². The maximum absolute atomic E-state index is 12.8. The van der Waals surface area contributed by atoms with Gasteiger partial charge in [0.15, 0.2) is 6.10 Å². The van der Waals surface area contributed by atoms with Crippen LogP contribution in [0.3, 0.4) is 0 Å². The summed E-state index contributed by atoms with van der Waals surface area (Å²) >= 11 is 0. The Morgan fingerprint density at radius 2 is 1.92 bits per heavy atom. The van der Waals surface area contributed by atoms with E-state index in [-0.39, 0.29) is 5.91 Å². The predicted octanol–water partition coefficient (Wildman–Crippen LogP) is 2.07. The zero-order valence-electron chi connectivity index (χ0n) is 15.4. The van der Waals surface area contributed by atoms with Gasteiger partial charge in [-0.3, -0.25) is 9.48 Å². The van der Waals surface area contributed by atoms with Crippen molar-refractivity contribution in [3.63, 3.8) is 0 Å². The molecule has 1 aliphatic heterocycles. The van der Waals surface area contributed by atoms with Crippen molar-refractivity contribution in [3.05, 3.63) is 47.3 Å². The Morgan fingerprint density at radius 3 is 2.52 bits per heavy atom. The number of hydrogen-bond donors (Lipinski definition) is 0. The van der Waals surface area contributed by atoms with Crippen molar-refractivity contribution in [2.75, 3.05) is 38.2 Å². The number of hydrogen-bond acceptors (Lipinski definition) is 4. The highest BCUT2D eigenvalue weighted by atomic mass is 16.5. The number of methoxy groups -OCH3 is 1. The van der Waals surface area contributed by atoms with E-state index in [1.165, 1.54) is 16.8 Å². The number of carbonyl (C=O) groups is 1. The lowest BCUT2D eigenvalue weighted by Crippen LogP contribution is -2.50. The molecule has 0 radical (unpaired) electrons. The largest absolute Gasteiger partial charge is 0.368 e. The Morgan fingerprint density at radius 1 is 1.20 bits per heavy atom. The zero-order valence-corrected chi connectivity index (χ0v) is 15.4. The third-order valence-electron chi connectivity index (χ3n) is 4.78. The van der Waals surface area contributed by atoms with Crippen molar-refractivity contribution in [1.82, 2.24) is 14.7 Å². The third kappa shape index (κ3) is 3.69. The molecule has 6 nitrogen and oxygen atoms in total. The van der Waals surface area contributed by atoms with Crippen molar-refractivity contribution in [3.8, 4) is 0 Å². The summed E-state index contributed by atoms with van der Waals surface area (Å²) in [5.74, 6) is 0.0103. The van der Waals surface area contributed by atoms with E-state index in [9.17, 15) is 4.79 Å². The van der Waals surface area contributed by atoms with E-state index in [1.807, 2.05) is 18.1 Å². The van der Waals surface area contributed by atoms with Crippen LogP contribution in [0.1, 0.15) is 22.8 Å².